The Balaban J connectivity index is 1.86. The molecule has 0 aliphatic carbocycles. The number of benzene rings is 2. The zero-order valence-electron chi connectivity index (χ0n) is 16.0. The molecule has 30 heavy (non-hydrogen) atoms. The number of amides is 2. The molecule has 0 saturated heterocycles. The van der Waals surface area contributed by atoms with Crippen molar-refractivity contribution in [3.8, 4) is 11.8 Å². The van der Waals surface area contributed by atoms with Gasteiger partial charge >= 0.3 is 10.1 Å². The van der Waals surface area contributed by atoms with Crippen LogP contribution in [0.4, 0.5) is 5.69 Å². The molecule has 0 atom stereocenters. The average molecular weight is 424 g/mol. The number of nitrogens with zero attached hydrogens (tertiary/aromatic N) is 3. The number of imide groups is 1. The summed E-state index contributed by atoms with van der Waals surface area (Å²) in [4.78, 5) is 25.1. The van der Waals surface area contributed by atoms with Crippen molar-refractivity contribution in [1.82, 2.24) is 4.90 Å². The van der Waals surface area contributed by atoms with Gasteiger partial charge in [-0.1, -0.05) is 24.3 Å². The Labute approximate surface area is 173 Å². The summed E-state index contributed by atoms with van der Waals surface area (Å²) in [6.45, 7) is 1.45. The quantitative estimate of drug-likeness (QED) is 0.442. The molecule has 2 aromatic carbocycles. The van der Waals surface area contributed by atoms with Crippen LogP contribution in [0, 0.1) is 11.3 Å². The molecule has 10 heteroatoms. The van der Waals surface area contributed by atoms with Gasteiger partial charge in [0.1, 0.15) is 22.3 Å². The van der Waals surface area contributed by atoms with E-state index in [1.54, 1.807) is 36.4 Å². The summed E-state index contributed by atoms with van der Waals surface area (Å²) >= 11 is 0. The van der Waals surface area contributed by atoms with Gasteiger partial charge in [0.15, 0.2) is 5.71 Å². The summed E-state index contributed by atoms with van der Waals surface area (Å²) in [5.74, 6) is -1.32. The number of likely N-dealkylation sites (N-methyl/N-ethyl adjacent to an activating group) is 1. The van der Waals surface area contributed by atoms with Crippen LogP contribution in [0.3, 0.4) is 0 Å². The monoisotopic (exact) mass is 424 g/mol. The third kappa shape index (κ3) is 4.06. The Kier molecular flexibility index (Phi) is 5.66. The molecule has 0 aromatic heterocycles. The first kappa shape index (κ1) is 20.8. The number of hydrazone groups is 1. The molecular weight excluding hydrogens is 408 g/mol. The van der Waals surface area contributed by atoms with Crippen LogP contribution in [-0.4, -0.2) is 37.9 Å². The van der Waals surface area contributed by atoms with Gasteiger partial charge in [0.2, 0.25) is 0 Å². The number of carbonyl (C=O) groups excluding carboxylic acids is 2. The lowest BCUT2D eigenvalue weighted by molar-refractivity contribution is -0.136. The van der Waals surface area contributed by atoms with E-state index in [-0.39, 0.29) is 27.5 Å². The van der Waals surface area contributed by atoms with Crippen LogP contribution in [0.5, 0.6) is 5.75 Å². The highest BCUT2D eigenvalue weighted by Crippen LogP contribution is 2.23. The molecule has 3 rings (SSSR count). The third-order valence-electron chi connectivity index (χ3n) is 4.24. The van der Waals surface area contributed by atoms with Gasteiger partial charge < -0.3 is 4.18 Å². The first-order chi connectivity index (χ1) is 14.2. The number of nitrogens with one attached hydrogen (secondary N) is 1. The van der Waals surface area contributed by atoms with Crippen molar-refractivity contribution in [3.63, 3.8) is 0 Å². The Morgan fingerprint density at radius 1 is 1.07 bits per heavy atom. The van der Waals surface area contributed by atoms with Gasteiger partial charge in [-0.2, -0.15) is 18.8 Å². The van der Waals surface area contributed by atoms with Gasteiger partial charge in [-0.05, 0) is 31.2 Å². The molecule has 1 N–H and O–H groups in total. The highest BCUT2D eigenvalue weighted by Gasteiger charge is 2.34. The second-order valence-corrected chi connectivity index (χ2v) is 7.78. The number of rotatable bonds is 5. The molecular formula is C20H16N4O5S. The maximum Gasteiger partial charge on any atom is 0.339 e. The normalized spacial score (nSPS) is 15.9. The lowest BCUT2D eigenvalue weighted by Gasteiger charge is -2.22. The van der Waals surface area contributed by atoms with Crippen LogP contribution in [0.2, 0.25) is 0 Å². The SMILES string of the molecule is CC1=C(C#N)C(=O)N(C)C(=O)/C1=N\Nc1cccc(OS(=O)(=O)c2ccccc2)c1. The zero-order valence-corrected chi connectivity index (χ0v) is 16.8. The molecule has 1 aliphatic rings. The summed E-state index contributed by atoms with van der Waals surface area (Å²) in [7, 11) is -2.76. The molecule has 1 aliphatic heterocycles. The van der Waals surface area contributed by atoms with Crippen molar-refractivity contribution in [3.05, 3.63) is 65.7 Å². The topological polar surface area (TPSA) is 129 Å². The van der Waals surface area contributed by atoms with E-state index in [1.807, 2.05) is 0 Å². The van der Waals surface area contributed by atoms with E-state index in [4.69, 9.17) is 9.44 Å². The van der Waals surface area contributed by atoms with E-state index >= 15 is 0 Å². The summed E-state index contributed by atoms with van der Waals surface area (Å²) in [6.07, 6.45) is 0. The van der Waals surface area contributed by atoms with Gasteiger partial charge in [-0.25, -0.2) is 0 Å². The lowest BCUT2D eigenvalue weighted by atomic mass is 10.00. The molecule has 0 radical (unpaired) electrons. The zero-order chi connectivity index (χ0) is 21.9. The largest absolute Gasteiger partial charge is 0.379 e. The van der Waals surface area contributed by atoms with Gasteiger partial charge in [0.25, 0.3) is 11.8 Å². The number of anilines is 1. The van der Waals surface area contributed by atoms with E-state index in [2.05, 4.69) is 10.5 Å². The first-order valence-electron chi connectivity index (χ1n) is 8.61. The van der Waals surface area contributed by atoms with Crippen molar-refractivity contribution < 1.29 is 22.2 Å². The Hall–Kier alpha value is -3.97. The predicted molar refractivity (Wildman–Crippen MR) is 108 cm³/mol. The maximum absolute atomic E-state index is 12.4. The molecule has 2 amide bonds. The molecule has 0 unspecified atom stereocenters. The highest BCUT2D eigenvalue weighted by atomic mass is 32.2. The van der Waals surface area contributed by atoms with Crippen molar-refractivity contribution in [2.75, 3.05) is 12.5 Å². The standard InChI is InChI=1S/C20H16N4O5S/c1-13-17(12-21)19(25)24(2)20(26)18(13)23-22-14-7-6-8-15(11-14)29-30(27,28)16-9-4-3-5-10-16/h3-11,22H,1-2H3/b23-18-. The van der Waals surface area contributed by atoms with Gasteiger partial charge in [0, 0.05) is 18.7 Å². The molecule has 2 aromatic rings. The van der Waals surface area contributed by atoms with Gasteiger partial charge in [-0.3, -0.25) is 19.9 Å². The highest BCUT2D eigenvalue weighted by molar-refractivity contribution is 7.87. The minimum absolute atomic E-state index is 0.00825. The van der Waals surface area contributed by atoms with E-state index in [1.165, 1.54) is 38.2 Å². The fourth-order valence-electron chi connectivity index (χ4n) is 2.62. The fourth-order valence-corrected chi connectivity index (χ4v) is 3.56. The summed E-state index contributed by atoms with van der Waals surface area (Å²) < 4.78 is 29.8. The van der Waals surface area contributed by atoms with E-state index in [0.29, 0.717) is 5.69 Å². The van der Waals surface area contributed by atoms with Gasteiger partial charge in [0.05, 0.1) is 5.69 Å². The number of hydrogen-bond donors (Lipinski definition) is 1. The van der Waals surface area contributed by atoms with Crippen LogP contribution in [0.25, 0.3) is 0 Å². The van der Waals surface area contributed by atoms with E-state index in [0.717, 1.165) is 4.90 Å². The first-order valence-corrected chi connectivity index (χ1v) is 10.0. The lowest BCUT2D eigenvalue weighted by Crippen LogP contribution is -2.44. The molecule has 0 fully saturated rings. The summed E-state index contributed by atoms with van der Waals surface area (Å²) in [5, 5.41) is 13.2. The molecule has 9 nitrogen and oxygen atoms in total. The Morgan fingerprint density at radius 3 is 2.43 bits per heavy atom. The van der Waals surface area contributed by atoms with Crippen LogP contribution in [0.15, 0.2) is 75.7 Å². The summed E-state index contributed by atoms with van der Waals surface area (Å²) in [6, 6.07) is 15.4. The summed E-state index contributed by atoms with van der Waals surface area (Å²) in [5.41, 5.74) is 2.84. The third-order valence-corrected chi connectivity index (χ3v) is 5.50. The van der Waals surface area contributed by atoms with E-state index in [9.17, 15) is 18.0 Å². The van der Waals surface area contributed by atoms with Crippen molar-refractivity contribution in [2.45, 2.75) is 11.8 Å². The molecule has 0 saturated carbocycles. The minimum Gasteiger partial charge on any atom is -0.379 e. The van der Waals surface area contributed by atoms with Crippen molar-refractivity contribution in [2.24, 2.45) is 5.10 Å². The number of carbonyl (C=O) groups is 2. The fraction of sp³-hybridized carbons (Fsp3) is 0.100. The number of nitriles is 1. The van der Waals surface area contributed by atoms with Crippen molar-refractivity contribution in [1.29, 1.82) is 5.26 Å². The molecule has 0 bridgehead atoms. The molecule has 1 heterocycles. The number of hydrogen-bond acceptors (Lipinski definition) is 8. The smallest absolute Gasteiger partial charge is 0.339 e. The van der Waals surface area contributed by atoms with Crippen LogP contribution < -0.4 is 9.61 Å². The van der Waals surface area contributed by atoms with E-state index < -0.39 is 21.9 Å². The molecule has 0 spiro atoms. The van der Waals surface area contributed by atoms with Crippen LogP contribution in [-0.2, 0) is 19.7 Å². The van der Waals surface area contributed by atoms with Crippen LogP contribution >= 0.6 is 0 Å². The predicted octanol–water partition coefficient (Wildman–Crippen LogP) is 2.06. The van der Waals surface area contributed by atoms with Gasteiger partial charge in [-0.15, -0.1) is 0 Å². The Morgan fingerprint density at radius 2 is 1.77 bits per heavy atom. The molecule has 152 valence electrons. The second kappa shape index (κ2) is 8.18. The van der Waals surface area contributed by atoms with Crippen molar-refractivity contribution >= 4 is 33.3 Å². The minimum atomic E-state index is -4.01. The Bertz CT molecular complexity index is 1230. The maximum atomic E-state index is 12.4. The van der Waals surface area contributed by atoms with Crippen LogP contribution in [0.1, 0.15) is 6.92 Å². The second-order valence-electron chi connectivity index (χ2n) is 6.23. The average Bonchev–Trinajstić information content (AvgIpc) is 2.73.